The van der Waals surface area contributed by atoms with Crippen molar-refractivity contribution in [1.82, 2.24) is 0 Å². The lowest BCUT2D eigenvalue weighted by molar-refractivity contribution is -0.0498. The highest BCUT2D eigenvalue weighted by Crippen LogP contribution is 2.19. The molecule has 0 aliphatic heterocycles. The molecule has 0 atom stereocenters. The van der Waals surface area contributed by atoms with E-state index in [0.717, 1.165) is 0 Å². The van der Waals surface area contributed by atoms with Crippen molar-refractivity contribution in [3.8, 4) is 5.75 Å². The molecule has 0 heterocycles. The van der Waals surface area contributed by atoms with Crippen LogP contribution in [0.2, 0.25) is 0 Å². The van der Waals surface area contributed by atoms with Crippen LogP contribution in [-0.2, 0) is 0 Å². The van der Waals surface area contributed by atoms with E-state index >= 15 is 0 Å². The summed E-state index contributed by atoms with van der Waals surface area (Å²) < 4.78 is 28.6. The molecule has 0 spiro atoms. The van der Waals surface area contributed by atoms with Gasteiger partial charge in [0.15, 0.2) is 0 Å². The van der Waals surface area contributed by atoms with E-state index in [9.17, 15) is 18.4 Å². The SMILES string of the molecule is O=C(Nc1ccccc1)Nc1ccc(C(=O)Nc2ccc(OC(F)F)cc2)cc1. The van der Waals surface area contributed by atoms with Crippen LogP contribution in [0.1, 0.15) is 10.4 Å². The predicted molar refractivity (Wildman–Crippen MR) is 107 cm³/mol. The monoisotopic (exact) mass is 397 g/mol. The standard InChI is InChI=1S/C21H17F2N3O3/c22-20(23)29-18-12-10-16(11-13-18)24-19(27)14-6-8-17(9-7-14)26-21(28)25-15-4-2-1-3-5-15/h1-13,20H,(H,24,27)(H2,25,26,28). The summed E-state index contributed by atoms with van der Waals surface area (Å²) in [6.45, 7) is -2.91. The average Bonchev–Trinajstić information content (AvgIpc) is 2.70. The summed E-state index contributed by atoms with van der Waals surface area (Å²) in [5.74, 6) is -0.380. The smallest absolute Gasteiger partial charge is 0.387 e. The van der Waals surface area contributed by atoms with Gasteiger partial charge in [0, 0.05) is 22.6 Å². The number of amides is 3. The van der Waals surface area contributed by atoms with Crippen molar-refractivity contribution in [3.63, 3.8) is 0 Å². The summed E-state index contributed by atoms with van der Waals surface area (Å²) in [6, 6.07) is 20.5. The Morgan fingerprint density at radius 2 is 1.21 bits per heavy atom. The summed E-state index contributed by atoms with van der Waals surface area (Å²) in [4.78, 5) is 24.3. The van der Waals surface area contributed by atoms with Gasteiger partial charge < -0.3 is 20.7 Å². The number of alkyl halides is 2. The first kappa shape index (κ1) is 19.8. The van der Waals surface area contributed by atoms with E-state index < -0.39 is 12.6 Å². The Morgan fingerprint density at radius 1 is 0.690 bits per heavy atom. The Kier molecular flexibility index (Phi) is 6.36. The van der Waals surface area contributed by atoms with Crippen molar-refractivity contribution in [1.29, 1.82) is 0 Å². The Bertz CT molecular complexity index is 963. The van der Waals surface area contributed by atoms with Gasteiger partial charge in [-0.1, -0.05) is 18.2 Å². The number of benzene rings is 3. The number of hydrogen-bond acceptors (Lipinski definition) is 3. The van der Waals surface area contributed by atoms with Crippen molar-refractivity contribution in [2.45, 2.75) is 6.61 Å². The number of carbonyl (C=O) groups is 2. The highest BCUT2D eigenvalue weighted by molar-refractivity contribution is 6.05. The lowest BCUT2D eigenvalue weighted by atomic mass is 10.2. The van der Waals surface area contributed by atoms with Crippen LogP contribution in [-0.4, -0.2) is 18.5 Å². The van der Waals surface area contributed by atoms with Crippen LogP contribution in [0.15, 0.2) is 78.9 Å². The number of anilines is 3. The summed E-state index contributed by atoms with van der Waals surface area (Å²) in [7, 11) is 0. The van der Waals surface area contributed by atoms with Crippen molar-refractivity contribution in [3.05, 3.63) is 84.4 Å². The fraction of sp³-hybridized carbons (Fsp3) is 0.0476. The van der Waals surface area contributed by atoms with E-state index in [4.69, 9.17) is 0 Å². The van der Waals surface area contributed by atoms with Crippen molar-refractivity contribution >= 4 is 29.0 Å². The normalized spacial score (nSPS) is 10.3. The maximum Gasteiger partial charge on any atom is 0.387 e. The predicted octanol–water partition coefficient (Wildman–Crippen LogP) is 5.18. The number of rotatable bonds is 6. The number of halogens is 2. The van der Waals surface area contributed by atoms with Gasteiger partial charge in [-0.3, -0.25) is 4.79 Å². The molecule has 0 bridgehead atoms. The first-order valence-electron chi connectivity index (χ1n) is 8.59. The summed E-state index contributed by atoms with van der Waals surface area (Å²) in [5.41, 5.74) is 1.97. The van der Waals surface area contributed by atoms with E-state index in [0.29, 0.717) is 22.6 Å². The lowest BCUT2D eigenvalue weighted by Gasteiger charge is -2.09. The Labute approximate surface area is 165 Å². The molecule has 3 amide bonds. The van der Waals surface area contributed by atoms with Gasteiger partial charge in [0.25, 0.3) is 5.91 Å². The van der Waals surface area contributed by atoms with Gasteiger partial charge >= 0.3 is 12.6 Å². The summed E-state index contributed by atoms with van der Waals surface area (Å²) in [5, 5.41) is 8.01. The summed E-state index contributed by atoms with van der Waals surface area (Å²) >= 11 is 0. The van der Waals surface area contributed by atoms with Gasteiger partial charge in [0.05, 0.1) is 0 Å². The Balaban J connectivity index is 1.55. The van der Waals surface area contributed by atoms with Gasteiger partial charge in [-0.05, 0) is 60.7 Å². The second kappa shape index (κ2) is 9.32. The molecule has 0 aromatic heterocycles. The Hall–Kier alpha value is -3.94. The van der Waals surface area contributed by atoms with Gasteiger partial charge in [0.1, 0.15) is 5.75 Å². The molecule has 8 heteroatoms. The Morgan fingerprint density at radius 3 is 1.79 bits per heavy atom. The second-order valence-corrected chi connectivity index (χ2v) is 5.88. The molecule has 0 fully saturated rings. The van der Waals surface area contributed by atoms with Gasteiger partial charge in [-0.15, -0.1) is 0 Å². The molecule has 0 saturated carbocycles. The quantitative estimate of drug-likeness (QED) is 0.536. The molecular weight excluding hydrogens is 380 g/mol. The molecule has 0 unspecified atom stereocenters. The fourth-order valence-corrected chi connectivity index (χ4v) is 2.44. The molecule has 3 rings (SSSR count). The molecule has 29 heavy (non-hydrogen) atoms. The maximum atomic E-state index is 12.3. The van der Waals surface area contributed by atoms with Crippen molar-refractivity contribution in [2.24, 2.45) is 0 Å². The number of urea groups is 1. The first-order chi connectivity index (χ1) is 14.0. The van der Waals surface area contributed by atoms with Crippen LogP contribution in [0.4, 0.5) is 30.6 Å². The zero-order chi connectivity index (χ0) is 20.6. The maximum absolute atomic E-state index is 12.3. The number of ether oxygens (including phenoxy) is 1. The molecule has 6 nitrogen and oxygen atoms in total. The van der Waals surface area contributed by atoms with E-state index in [1.165, 1.54) is 24.3 Å². The van der Waals surface area contributed by atoms with Gasteiger partial charge in [0.2, 0.25) is 0 Å². The minimum Gasteiger partial charge on any atom is -0.435 e. The van der Waals surface area contributed by atoms with Crippen LogP contribution in [0.3, 0.4) is 0 Å². The van der Waals surface area contributed by atoms with E-state index in [2.05, 4.69) is 20.7 Å². The third-order valence-corrected chi connectivity index (χ3v) is 3.77. The van der Waals surface area contributed by atoms with Crippen LogP contribution < -0.4 is 20.7 Å². The molecular formula is C21H17F2N3O3. The largest absolute Gasteiger partial charge is 0.435 e. The van der Waals surface area contributed by atoms with Gasteiger partial charge in [-0.2, -0.15) is 8.78 Å². The molecule has 0 aliphatic rings. The zero-order valence-corrected chi connectivity index (χ0v) is 15.1. The topological polar surface area (TPSA) is 79.5 Å². The second-order valence-electron chi connectivity index (χ2n) is 5.88. The van der Waals surface area contributed by atoms with E-state index in [-0.39, 0.29) is 11.7 Å². The molecule has 0 radical (unpaired) electrons. The zero-order valence-electron chi connectivity index (χ0n) is 15.1. The highest BCUT2D eigenvalue weighted by Gasteiger charge is 2.09. The highest BCUT2D eigenvalue weighted by atomic mass is 19.3. The minimum atomic E-state index is -2.91. The van der Waals surface area contributed by atoms with Crippen LogP contribution in [0, 0.1) is 0 Å². The number of nitrogens with one attached hydrogen (secondary N) is 3. The van der Waals surface area contributed by atoms with E-state index in [1.807, 2.05) is 18.2 Å². The molecule has 0 aliphatic carbocycles. The first-order valence-corrected chi connectivity index (χ1v) is 8.59. The fourth-order valence-electron chi connectivity index (χ4n) is 2.44. The lowest BCUT2D eigenvalue weighted by Crippen LogP contribution is -2.19. The van der Waals surface area contributed by atoms with Crippen molar-refractivity contribution < 1.29 is 23.1 Å². The third kappa shape index (κ3) is 6.03. The number of para-hydroxylation sites is 1. The van der Waals surface area contributed by atoms with Crippen molar-refractivity contribution in [2.75, 3.05) is 16.0 Å². The number of hydrogen-bond donors (Lipinski definition) is 3. The van der Waals surface area contributed by atoms with Gasteiger partial charge in [-0.25, -0.2) is 4.79 Å². The molecule has 148 valence electrons. The van der Waals surface area contributed by atoms with Crippen LogP contribution in [0.5, 0.6) is 5.75 Å². The van der Waals surface area contributed by atoms with Crippen LogP contribution in [0.25, 0.3) is 0 Å². The molecule has 3 aromatic rings. The summed E-state index contributed by atoms with van der Waals surface area (Å²) in [6.07, 6.45) is 0. The minimum absolute atomic E-state index is 0.00204. The molecule has 3 N–H and O–H groups in total. The molecule has 0 saturated heterocycles. The van der Waals surface area contributed by atoms with Crippen LogP contribution >= 0.6 is 0 Å². The number of carbonyl (C=O) groups excluding carboxylic acids is 2. The molecule has 3 aromatic carbocycles. The van der Waals surface area contributed by atoms with E-state index in [1.54, 1.807) is 36.4 Å². The average molecular weight is 397 g/mol. The third-order valence-electron chi connectivity index (χ3n) is 3.77.